The fraction of sp³-hybridized carbons (Fsp3) is 0.625. The van der Waals surface area contributed by atoms with Crippen molar-refractivity contribution < 1.29 is 9.53 Å². The number of carbonyl (C=O) groups excluding carboxylic acids is 1. The van der Waals surface area contributed by atoms with E-state index in [1.54, 1.807) is 4.68 Å². The zero-order valence-electron chi connectivity index (χ0n) is 8.02. The van der Waals surface area contributed by atoms with Gasteiger partial charge in [-0.1, -0.05) is 0 Å². The maximum Gasteiger partial charge on any atom is 0.313 e. The Morgan fingerprint density at radius 1 is 1.69 bits per heavy atom. The maximum absolute atomic E-state index is 11.0. The molecule has 0 aliphatic carbocycles. The Hall–Kier alpha value is -1.39. The minimum absolute atomic E-state index is 0.175. The standard InChI is InChI=1S/C8H13N3O2/c1-6(2)11-7(9-5-10-11)4-8(12)13-3/h5-6H,4H2,1-3H3. The number of esters is 1. The first-order valence-corrected chi connectivity index (χ1v) is 4.10. The van der Waals surface area contributed by atoms with E-state index in [4.69, 9.17) is 0 Å². The molecule has 5 heteroatoms. The van der Waals surface area contributed by atoms with E-state index < -0.39 is 0 Å². The number of methoxy groups -OCH3 is 1. The van der Waals surface area contributed by atoms with Crippen molar-refractivity contribution in [2.75, 3.05) is 7.11 Å². The van der Waals surface area contributed by atoms with Gasteiger partial charge in [0.1, 0.15) is 18.6 Å². The minimum Gasteiger partial charge on any atom is -0.469 e. The summed E-state index contributed by atoms with van der Waals surface area (Å²) in [6.07, 6.45) is 1.62. The van der Waals surface area contributed by atoms with E-state index >= 15 is 0 Å². The summed E-state index contributed by atoms with van der Waals surface area (Å²) < 4.78 is 6.24. The van der Waals surface area contributed by atoms with Crippen molar-refractivity contribution in [3.05, 3.63) is 12.2 Å². The Morgan fingerprint density at radius 2 is 2.38 bits per heavy atom. The average molecular weight is 183 g/mol. The molecule has 0 aliphatic rings. The zero-order valence-corrected chi connectivity index (χ0v) is 8.02. The Morgan fingerprint density at radius 3 is 2.92 bits per heavy atom. The van der Waals surface area contributed by atoms with Crippen LogP contribution in [0.1, 0.15) is 25.7 Å². The Kier molecular flexibility index (Phi) is 3.00. The van der Waals surface area contributed by atoms with Gasteiger partial charge in [-0.15, -0.1) is 0 Å². The summed E-state index contributed by atoms with van der Waals surface area (Å²) in [5.74, 6) is 0.344. The molecule has 1 heterocycles. The lowest BCUT2D eigenvalue weighted by Crippen LogP contribution is -2.13. The quantitative estimate of drug-likeness (QED) is 0.643. The second-order valence-corrected chi connectivity index (χ2v) is 2.97. The molecule has 0 N–H and O–H groups in total. The van der Waals surface area contributed by atoms with Gasteiger partial charge in [-0.2, -0.15) is 5.10 Å². The third kappa shape index (κ3) is 2.27. The molecule has 1 aromatic rings. The largest absolute Gasteiger partial charge is 0.469 e. The van der Waals surface area contributed by atoms with Gasteiger partial charge in [0.2, 0.25) is 0 Å². The second-order valence-electron chi connectivity index (χ2n) is 2.97. The lowest BCUT2D eigenvalue weighted by Gasteiger charge is -2.07. The predicted molar refractivity (Wildman–Crippen MR) is 46.1 cm³/mol. The van der Waals surface area contributed by atoms with Crippen LogP contribution >= 0.6 is 0 Å². The first kappa shape index (κ1) is 9.70. The van der Waals surface area contributed by atoms with E-state index in [-0.39, 0.29) is 18.4 Å². The van der Waals surface area contributed by atoms with Crippen LogP contribution in [0.2, 0.25) is 0 Å². The summed E-state index contributed by atoms with van der Waals surface area (Å²) in [7, 11) is 1.36. The van der Waals surface area contributed by atoms with Crippen LogP contribution in [0.15, 0.2) is 6.33 Å². The van der Waals surface area contributed by atoms with Crippen LogP contribution in [-0.2, 0) is 16.0 Å². The first-order chi connectivity index (χ1) is 6.15. The molecular formula is C8H13N3O2. The molecule has 1 aromatic heterocycles. The monoisotopic (exact) mass is 183 g/mol. The molecule has 0 fully saturated rings. The summed E-state index contributed by atoms with van der Waals surface area (Å²) in [5, 5.41) is 4.00. The third-order valence-corrected chi connectivity index (χ3v) is 1.67. The van der Waals surface area contributed by atoms with Crippen LogP contribution in [0.5, 0.6) is 0 Å². The van der Waals surface area contributed by atoms with Crippen molar-refractivity contribution in [2.45, 2.75) is 26.3 Å². The number of rotatable bonds is 3. The fourth-order valence-corrected chi connectivity index (χ4v) is 1.03. The number of ether oxygens (including phenoxy) is 1. The van der Waals surface area contributed by atoms with Gasteiger partial charge in [-0.3, -0.25) is 4.79 Å². The highest BCUT2D eigenvalue weighted by Crippen LogP contribution is 2.05. The Balaban J connectivity index is 2.76. The highest BCUT2D eigenvalue weighted by molar-refractivity contribution is 5.71. The molecule has 72 valence electrons. The third-order valence-electron chi connectivity index (χ3n) is 1.67. The van der Waals surface area contributed by atoms with Crippen molar-refractivity contribution in [1.82, 2.24) is 14.8 Å². The van der Waals surface area contributed by atoms with Gasteiger partial charge in [0.05, 0.1) is 7.11 Å². The van der Waals surface area contributed by atoms with Gasteiger partial charge in [0, 0.05) is 6.04 Å². The molecule has 0 amide bonds. The van der Waals surface area contributed by atoms with E-state index in [2.05, 4.69) is 14.8 Å². The highest BCUT2D eigenvalue weighted by atomic mass is 16.5. The molecule has 0 radical (unpaired) electrons. The van der Waals surface area contributed by atoms with Gasteiger partial charge < -0.3 is 4.74 Å². The van der Waals surface area contributed by atoms with E-state index in [0.717, 1.165) is 0 Å². The second kappa shape index (κ2) is 4.02. The number of hydrogen-bond acceptors (Lipinski definition) is 4. The number of hydrogen-bond donors (Lipinski definition) is 0. The number of aromatic nitrogens is 3. The van der Waals surface area contributed by atoms with Gasteiger partial charge in [-0.05, 0) is 13.8 Å². The molecule has 0 aromatic carbocycles. The van der Waals surface area contributed by atoms with Crippen LogP contribution in [-0.4, -0.2) is 27.8 Å². The molecule has 0 spiro atoms. The molecule has 0 atom stereocenters. The Labute approximate surface area is 76.7 Å². The van der Waals surface area contributed by atoms with Crippen LogP contribution < -0.4 is 0 Å². The smallest absolute Gasteiger partial charge is 0.313 e. The van der Waals surface area contributed by atoms with Crippen LogP contribution in [0.25, 0.3) is 0 Å². The van der Waals surface area contributed by atoms with Crippen molar-refractivity contribution in [1.29, 1.82) is 0 Å². The topological polar surface area (TPSA) is 57.0 Å². The zero-order chi connectivity index (χ0) is 9.84. The maximum atomic E-state index is 11.0. The van der Waals surface area contributed by atoms with E-state index in [9.17, 15) is 4.79 Å². The van der Waals surface area contributed by atoms with Crippen molar-refractivity contribution >= 4 is 5.97 Å². The molecule has 0 saturated heterocycles. The molecular weight excluding hydrogens is 170 g/mol. The minimum atomic E-state index is -0.296. The molecule has 13 heavy (non-hydrogen) atoms. The van der Waals surface area contributed by atoms with Gasteiger partial charge >= 0.3 is 5.97 Å². The molecule has 5 nitrogen and oxygen atoms in total. The summed E-state index contributed by atoms with van der Waals surface area (Å²) in [6, 6.07) is 0.210. The molecule has 1 rings (SSSR count). The van der Waals surface area contributed by atoms with Crippen LogP contribution in [0, 0.1) is 0 Å². The highest BCUT2D eigenvalue weighted by Gasteiger charge is 2.11. The van der Waals surface area contributed by atoms with Crippen molar-refractivity contribution in [3.8, 4) is 0 Å². The molecule has 0 aliphatic heterocycles. The van der Waals surface area contributed by atoms with Gasteiger partial charge in [0.25, 0.3) is 0 Å². The SMILES string of the molecule is COC(=O)Cc1ncnn1C(C)C. The van der Waals surface area contributed by atoms with Gasteiger partial charge in [-0.25, -0.2) is 9.67 Å². The molecule has 0 saturated carbocycles. The number of carbonyl (C=O) groups is 1. The van der Waals surface area contributed by atoms with Gasteiger partial charge in [0.15, 0.2) is 0 Å². The fourth-order valence-electron chi connectivity index (χ4n) is 1.03. The van der Waals surface area contributed by atoms with E-state index in [1.807, 2.05) is 13.8 Å². The Bertz CT molecular complexity index is 293. The normalized spacial score (nSPS) is 10.5. The lowest BCUT2D eigenvalue weighted by molar-refractivity contribution is -0.140. The van der Waals surface area contributed by atoms with Crippen LogP contribution in [0.4, 0.5) is 0 Å². The van der Waals surface area contributed by atoms with E-state index in [0.29, 0.717) is 5.82 Å². The predicted octanol–water partition coefficient (Wildman–Crippen LogP) is 0.574. The van der Waals surface area contributed by atoms with Crippen LogP contribution in [0.3, 0.4) is 0 Å². The summed E-state index contributed by atoms with van der Waals surface area (Å²) >= 11 is 0. The summed E-state index contributed by atoms with van der Waals surface area (Å²) in [5.41, 5.74) is 0. The van der Waals surface area contributed by atoms with E-state index in [1.165, 1.54) is 13.4 Å². The summed E-state index contributed by atoms with van der Waals surface area (Å²) in [4.78, 5) is 14.9. The first-order valence-electron chi connectivity index (χ1n) is 4.10. The van der Waals surface area contributed by atoms with Crippen molar-refractivity contribution in [3.63, 3.8) is 0 Å². The average Bonchev–Trinajstić information content (AvgIpc) is 2.52. The molecule has 0 bridgehead atoms. The molecule has 0 unspecified atom stereocenters. The van der Waals surface area contributed by atoms with Crippen molar-refractivity contribution in [2.24, 2.45) is 0 Å². The summed E-state index contributed by atoms with van der Waals surface area (Å²) in [6.45, 7) is 3.96. The number of nitrogens with zero attached hydrogens (tertiary/aromatic N) is 3. The lowest BCUT2D eigenvalue weighted by atomic mass is 10.3.